The Morgan fingerprint density at radius 1 is 1.25 bits per heavy atom. The van der Waals surface area contributed by atoms with Crippen LogP contribution in [0.5, 0.6) is 0 Å². The van der Waals surface area contributed by atoms with Crippen LogP contribution in [-0.2, 0) is 0 Å². The first-order valence-electron chi connectivity index (χ1n) is 9.46. The molecule has 1 saturated carbocycles. The molecule has 1 unspecified atom stereocenters. The largest absolute Gasteiger partial charge is 0.393 e. The van der Waals surface area contributed by atoms with E-state index in [2.05, 4.69) is 15.3 Å². The summed E-state index contributed by atoms with van der Waals surface area (Å²) in [6.45, 7) is 3.55. The van der Waals surface area contributed by atoms with Gasteiger partial charge in [0.15, 0.2) is 0 Å². The molecule has 4 rings (SSSR count). The van der Waals surface area contributed by atoms with Gasteiger partial charge in [-0.25, -0.2) is 0 Å². The van der Waals surface area contributed by atoms with Crippen LogP contribution < -0.4 is 10.9 Å². The Kier molecular flexibility index (Phi) is 4.73. The Hall–Kier alpha value is -2.99. The van der Waals surface area contributed by atoms with E-state index in [-0.39, 0.29) is 29.2 Å². The molecule has 1 amide bonds. The quantitative estimate of drug-likeness (QED) is 0.651. The number of carbonyl (C=O) groups is 1. The molecule has 1 fully saturated rings. The minimum Gasteiger partial charge on any atom is -0.393 e. The first-order valence-corrected chi connectivity index (χ1v) is 9.46. The zero-order chi connectivity index (χ0) is 19.8. The molecular formula is C22H23N3O3. The number of hydrogen-bond acceptors (Lipinski definition) is 4. The number of rotatable bonds is 4. The summed E-state index contributed by atoms with van der Waals surface area (Å²) in [5, 5.41) is 13.8. The Morgan fingerprint density at radius 2 is 2.00 bits per heavy atom. The van der Waals surface area contributed by atoms with E-state index in [1.807, 2.05) is 30.3 Å². The smallest absolute Gasteiger partial charge is 0.261 e. The molecular weight excluding hydrogens is 354 g/mol. The third kappa shape index (κ3) is 3.43. The van der Waals surface area contributed by atoms with Gasteiger partial charge >= 0.3 is 0 Å². The summed E-state index contributed by atoms with van der Waals surface area (Å²) in [4.78, 5) is 32.5. The normalized spacial score (nSPS) is 19.8. The molecule has 144 valence electrons. The Labute approximate surface area is 162 Å². The zero-order valence-electron chi connectivity index (χ0n) is 15.9. The lowest BCUT2D eigenvalue weighted by molar-refractivity contribution is 0.0234. The van der Waals surface area contributed by atoms with Crippen molar-refractivity contribution in [1.82, 2.24) is 15.3 Å². The average Bonchev–Trinajstić information content (AvgIpc) is 2.62. The molecule has 1 atom stereocenters. The fourth-order valence-corrected chi connectivity index (χ4v) is 3.98. The second-order valence-electron chi connectivity index (χ2n) is 7.64. The van der Waals surface area contributed by atoms with Gasteiger partial charge < -0.3 is 15.4 Å². The molecule has 3 aromatic rings. The van der Waals surface area contributed by atoms with Crippen molar-refractivity contribution in [1.29, 1.82) is 0 Å². The maximum Gasteiger partial charge on any atom is 0.261 e. The van der Waals surface area contributed by atoms with E-state index in [0.29, 0.717) is 18.4 Å². The van der Waals surface area contributed by atoms with Crippen LogP contribution in [0.25, 0.3) is 10.9 Å². The van der Waals surface area contributed by atoms with Gasteiger partial charge in [-0.15, -0.1) is 0 Å². The number of aromatic amines is 1. The van der Waals surface area contributed by atoms with Crippen molar-refractivity contribution in [3.05, 3.63) is 75.3 Å². The van der Waals surface area contributed by atoms with E-state index in [0.717, 1.165) is 22.2 Å². The molecule has 6 heteroatoms. The van der Waals surface area contributed by atoms with Crippen molar-refractivity contribution >= 4 is 16.8 Å². The van der Waals surface area contributed by atoms with Crippen LogP contribution in [0.4, 0.5) is 0 Å². The summed E-state index contributed by atoms with van der Waals surface area (Å²) in [6.07, 6.45) is 2.65. The van der Waals surface area contributed by atoms with Crippen molar-refractivity contribution in [2.75, 3.05) is 0 Å². The molecule has 1 aromatic carbocycles. The molecule has 0 spiro atoms. The number of pyridine rings is 2. The first kappa shape index (κ1) is 18.4. The zero-order valence-corrected chi connectivity index (χ0v) is 15.9. The van der Waals surface area contributed by atoms with Gasteiger partial charge in [0.1, 0.15) is 5.56 Å². The van der Waals surface area contributed by atoms with Gasteiger partial charge in [0.25, 0.3) is 11.5 Å². The lowest BCUT2D eigenvalue weighted by Crippen LogP contribution is -2.42. The topological polar surface area (TPSA) is 95.1 Å². The van der Waals surface area contributed by atoms with Gasteiger partial charge in [0, 0.05) is 17.3 Å². The molecule has 1 aliphatic rings. The van der Waals surface area contributed by atoms with Gasteiger partial charge in [-0.2, -0.15) is 0 Å². The van der Waals surface area contributed by atoms with Crippen LogP contribution in [0.3, 0.4) is 0 Å². The third-order valence-corrected chi connectivity index (χ3v) is 5.47. The lowest BCUT2D eigenvalue weighted by Gasteiger charge is -2.38. The van der Waals surface area contributed by atoms with Crippen molar-refractivity contribution in [3.8, 4) is 0 Å². The Balaban J connectivity index is 1.69. The van der Waals surface area contributed by atoms with Gasteiger partial charge in [-0.1, -0.05) is 18.2 Å². The maximum atomic E-state index is 13.0. The minimum atomic E-state index is -0.404. The predicted molar refractivity (Wildman–Crippen MR) is 107 cm³/mol. The second kappa shape index (κ2) is 7.20. The number of aliphatic hydroxyl groups is 1. The molecule has 2 heterocycles. The molecule has 0 radical (unpaired) electrons. The molecule has 2 aromatic heterocycles. The molecule has 3 N–H and O–H groups in total. The number of aryl methyl sites for hydroxylation is 2. The molecule has 6 nitrogen and oxygen atoms in total. The van der Waals surface area contributed by atoms with E-state index in [9.17, 15) is 14.7 Å². The van der Waals surface area contributed by atoms with Crippen LogP contribution in [-0.4, -0.2) is 27.1 Å². The number of amides is 1. The highest BCUT2D eigenvalue weighted by atomic mass is 16.3. The van der Waals surface area contributed by atoms with E-state index in [1.165, 1.54) is 0 Å². The van der Waals surface area contributed by atoms with Gasteiger partial charge in [-0.05, 0) is 61.9 Å². The number of H-pyrrole nitrogens is 1. The standard InChI is InChI=1S/C22H23N3O3/c1-12-7-13(2)24-21(27)19(12)22(28)25-20(15-9-17(26)10-15)16-8-14-5-3-4-6-18(14)23-11-16/h3-8,11,15,17,20,26H,9-10H2,1-2H3,(H,24,27)(H,25,28). The summed E-state index contributed by atoms with van der Waals surface area (Å²) < 4.78 is 0. The van der Waals surface area contributed by atoms with Gasteiger partial charge in [-0.3, -0.25) is 14.6 Å². The van der Waals surface area contributed by atoms with Crippen molar-refractivity contribution in [2.24, 2.45) is 5.92 Å². The van der Waals surface area contributed by atoms with Crippen molar-refractivity contribution in [2.45, 2.75) is 38.8 Å². The monoisotopic (exact) mass is 377 g/mol. The van der Waals surface area contributed by atoms with E-state index >= 15 is 0 Å². The highest BCUT2D eigenvalue weighted by molar-refractivity contribution is 5.95. The third-order valence-electron chi connectivity index (χ3n) is 5.47. The van der Waals surface area contributed by atoms with E-state index < -0.39 is 5.91 Å². The molecule has 0 bridgehead atoms. The minimum absolute atomic E-state index is 0.103. The number of hydrogen-bond donors (Lipinski definition) is 3. The van der Waals surface area contributed by atoms with Gasteiger partial charge in [0.2, 0.25) is 0 Å². The predicted octanol–water partition coefficient (Wildman–Crippen LogP) is 2.78. The fraction of sp³-hybridized carbons (Fsp3) is 0.318. The first-order chi connectivity index (χ1) is 13.4. The van der Waals surface area contributed by atoms with E-state index in [1.54, 1.807) is 26.1 Å². The van der Waals surface area contributed by atoms with Gasteiger partial charge in [0.05, 0.1) is 17.7 Å². The van der Waals surface area contributed by atoms with E-state index in [4.69, 9.17) is 0 Å². The van der Waals surface area contributed by atoms with Crippen LogP contribution in [0.1, 0.15) is 46.1 Å². The van der Waals surface area contributed by atoms with Crippen molar-refractivity contribution < 1.29 is 9.90 Å². The highest BCUT2D eigenvalue weighted by Crippen LogP contribution is 2.38. The van der Waals surface area contributed by atoms with Crippen LogP contribution in [0.15, 0.2) is 47.4 Å². The summed E-state index contributed by atoms with van der Waals surface area (Å²) >= 11 is 0. The summed E-state index contributed by atoms with van der Waals surface area (Å²) in [5.41, 5.74) is 2.86. The SMILES string of the molecule is Cc1cc(C)c(C(=O)NC(c2cnc3ccccc3c2)C2CC(O)C2)c(=O)[nH]1. The Bertz CT molecular complexity index is 1100. The number of aromatic nitrogens is 2. The lowest BCUT2D eigenvalue weighted by atomic mass is 9.75. The summed E-state index contributed by atoms with van der Waals surface area (Å²) in [6, 6.07) is 11.3. The van der Waals surface area contributed by atoms with Crippen LogP contribution >= 0.6 is 0 Å². The number of benzene rings is 1. The number of nitrogens with one attached hydrogen (secondary N) is 2. The number of nitrogens with zero attached hydrogens (tertiary/aromatic N) is 1. The number of carbonyl (C=O) groups excluding carboxylic acids is 1. The molecule has 0 aliphatic heterocycles. The summed E-state index contributed by atoms with van der Waals surface area (Å²) in [5.74, 6) is -0.301. The molecule has 28 heavy (non-hydrogen) atoms. The average molecular weight is 377 g/mol. The Morgan fingerprint density at radius 3 is 2.71 bits per heavy atom. The number of fused-ring (bicyclic) bond motifs is 1. The second-order valence-corrected chi connectivity index (χ2v) is 7.64. The molecule has 1 aliphatic carbocycles. The highest BCUT2D eigenvalue weighted by Gasteiger charge is 2.36. The maximum absolute atomic E-state index is 13.0. The van der Waals surface area contributed by atoms with Crippen molar-refractivity contribution in [3.63, 3.8) is 0 Å². The number of aliphatic hydroxyl groups excluding tert-OH is 1. The number of para-hydroxylation sites is 1. The summed E-state index contributed by atoms with van der Waals surface area (Å²) in [7, 11) is 0. The van der Waals surface area contributed by atoms with Crippen LogP contribution in [0.2, 0.25) is 0 Å². The van der Waals surface area contributed by atoms with Crippen LogP contribution in [0, 0.1) is 19.8 Å². The fourth-order valence-electron chi connectivity index (χ4n) is 3.98. The molecule has 0 saturated heterocycles.